The van der Waals surface area contributed by atoms with Crippen molar-refractivity contribution in [3.8, 4) is 0 Å². The number of aromatic amines is 1. The standard InChI is InChI=1S/C19H15ClF3N7O/c20-12-8-10(2-3-13(12)21)30(31)18(24)11-9-14(22)15(23)17-16(11)27-19(28-17)25-5-7-29-6-1-4-26-29/h1-4,6,8-9,24,31H,5,7H2,(H2,25,27,28). The highest BCUT2D eigenvalue weighted by atomic mass is 35.5. The van der Waals surface area contributed by atoms with Gasteiger partial charge in [-0.1, -0.05) is 11.6 Å². The lowest BCUT2D eigenvalue weighted by molar-refractivity contribution is 0.312. The normalized spacial score (nSPS) is 11.1. The summed E-state index contributed by atoms with van der Waals surface area (Å²) in [5.41, 5.74) is -0.541. The minimum Gasteiger partial charge on any atom is -0.354 e. The molecule has 8 nitrogen and oxygen atoms in total. The number of rotatable bonds is 6. The highest BCUT2D eigenvalue weighted by Crippen LogP contribution is 2.28. The van der Waals surface area contributed by atoms with Gasteiger partial charge in [0.25, 0.3) is 0 Å². The summed E-state index contributed by atoms with van der Waals surface area (Å²) >= 11 is 5.72. The second kappa shape index (κ2) is 8.28. The monoisotopic (exact) mass is 449 g/mol. The maximum atomic E-state index is 14.3. The topological polar surface area (TPSA) is 106 Å². The van der Waals surface area contributed by atoms with Gasteiger partial charge in [-0.3, -0.25) is 15.3 Å². The lowest BCUT2D eigenvalue weighted by Gasteiger charge is -2.18. The van der Waals surface area contributed by atoms with Gasteiger partial charge in [0.2, 0.25) is 5.95 Å². The molecular weight excluding hydrogens is 435 g/mol. The van der Waals surface area contributed by atoms with Crippen LogP contribution in [0.1, 0.15) is 5.56 Å². The molecule has 0 saturated heterocycles. The van der Waals surface area contributed by atoms with Crippen molar-refractivity contribution in [2.75, 3.05) is 16.9 Å². The van der Waals surface area contributed by atoms with E-state index in [4.69, 9.17) is 17.0 Å². The first-order valence-corrected chi connectivity index (χ1v) is 9.35. The van der Waals surface area contributed by atoms with Gasteiger partial charge in [-0.15, -0.1) is 0 Å². The lowest BCUT2D eigenvalue weighted by atomic mass is 10.1. The third-order valence-corrected chi connectivity index (χ3v) is 4.76. The zero-order valence-electron chi connectivity index (χ0n) is 15.7. The molecule has 0 aliphatic carbocycles. The first kappa shape index (κ1) is 20.7. The number of H-pyrrole nitrogens is 1. The molecule has 2 aromatic heterocycles. The zero-order chi connectivity index (χ0) is 22.1. The largest absolute Gasteiger partial charge is 0.354 e. The molecule has 0 aliphatic heterocycles. The SMILES string of the molecule is N=C(c1cc(F)c(F)c2nc(NCCn3cccn3)[nH]c12)N(O)c1ccc(F)c(Cl)c1. The molecule has 0 fully saturated rings. The Morgan fingerprint density at radius 1 is 1.26 bits per heavy atom. The van der Waals surface area contributed by atoms with Crippen LogP contribution < -0.4 is 10.4 Å². The van der Waals surface area contributed by atoms with Gasteiger partial charge in [0, 0.05) is 24.5 Å². The minimum absolute atomic E-state index is 0.00209. The molecule has 2 heterocycles. The molecule has 4 aromatic rings. The van der Waals surface area contributed by atoms with E-state index in [0.717, 1.165) is 18.2 Å². The number of fused-ring (bicyclic) bond motifs is 1. The predicted molar refractivity (Wildman–Crippen MR) is 109 cm³/mol. The lowest BCUT2D eigenvalue weighted by Crippen LogP contribution is -2.27. The van der Waals surface area contributed by atoms with E-state index in [-0.39, 0.29) is 33.3 Å². The maximum Gasteiger partial charge on any atom is 0.201 e. The summed E-state index contributed by atoms with van der Waals surface area (Å²) in [5, 5.41) is 25.7. The van der Waals surface area contributed by atoms with Gasteiger partial charge in [-0.2, -0.15) is 5.10 Å². The van der Waals surface area contributed by atoms with Gasteiger partial charge in [-0.25, -0.2) is 23.2 Å². The number of nitrogens with one attached hydrogen (secondary N) is 3. The molecule has 31 heavy (non-hydrogen) atoms. The van der Waals surface area contributed by atoms with Gasteiger partial charge in [0.05, 0.1) is 22.8 Å². The molecule has 0 atom stereocenters. The molecule has 4 N–H and O–H groups in total. The Labute approximate surface area is 178 Å². The average molecular weight is 450 g/mol. The molecule has 0 unspecified atom stereocenters. The van der Waals surface area contributed by atoms with Crippen molar-refractivity contribution in [1.29, 1.82) is 5.41 Å². The number of imidazole rings is 1. The van der Waals surface area contributed by atoms with Crippen molar-refractivity contribution in [3.05, 3.63) is 70.8 Å². The Morgan fingerprint density at radius 3 is 2.77 bits per heavy atom. The highest BCUT2D eigenvalue weighted by Gasteiger charge is 2.22. The van der Waals surface area contributed by atoms with Gasteiger partial charge < -0.3 is 10.3 Å². The minimum atomic E-state index is -1.24. The number of aromatic nitrogens is 4. The summed E-state index contributed by atoms with van der Waals surface area (Å²) in [6.07, 6.45) is 3.40. The van der Waals surface area contributed by atoms with Gasteiger partial charge >= 0.3 is 0 Å². The van der Waals surface area contributed by atoms with Crippen LogP contribution in [-0.4, -0.2) is 37.3 Å². The van der Waals surface area contributed by atoms with Crippen molar-refractivity contribution in [2.24, 2.45) is 0 Å². The van der Waals surface area contributed by atoms with Crippen LogP contribution in [0.15, 0.2) is 42.7 Å². The van der Waals surface area contributed by atoms with Crippen LogP contribution in [-0.2, 0) is 6.54 Å². The van der Waals surface area contributed by atoms with Gasteiger partial charge in [0.15, 0.2) is 17.5 Å². The van der Waals surface area contributed by atoms with Crippen LogP contribution in [0.2, 0.25) is 5.02 Å². The summed E-state index contributed by atoms with van der Waals surface area (Å²) < 4.78 is 43.5. The summed E-state index contributed by atoms with van der Waals surface area (Å²) in [5.74, 6) is -3.60. The van der Waals surface area contributed by atoms with E-state index in [2.05, 4.69) is 20.4 Å². The van der Waals surface area contributed by atoms with Gasteiger partial charge in [0.1, 0.15) is 11.3 Å². The summed E-state index contributed by atoms with van der Waals surface area (Å²) in [7, 11) is 0. The van der Waals surface area contributed by atoms with E-state index < -0.39 is 23.3 Å². The van der Waals surface area contributed by atoms with Crippen LogP contribution in [0.5, 0.6) is 0 Å². The van der Waals surface area contributed by atoms with E-state index in [0.29, 0.717) is 18.2 Å². The molecule has 4 rings (SSSR count). The van der Waals surface area contributed by atoms with E-state index >= 15 is 0 Å². The fourth-order valence-electron chi connectivity index (χ4n) is 2.95. The number of hydrogen-bond donors (Lipinski definition) is 4. The molecule has 160 valence electrons. The Morgan fingerprint density at radius 2 is 2.06 bits per heavy atom. The van der Waals surface area contributed by atoms with E-state index in [1.54, 1.807) is 23.1 Å². The number of benzene rings is 2. The van der Waals surface area contributed by atoms with Crippen LogP contribution in [0, 0.1) is 22.9 Å². The molecule has 0 amide bonds. The fraction of sp³-hybridized carbons (Fsp3) is 0.105. The van der Waals surface area contributed by atoms with Crippen molar-refractivity contribution in [1.82, 2.24) is 19.7 Å². The smallest absolute Gasteiger partial charge is 0.201 e. The van der Waals surface area contributed by atoms with Crippen molar-refractivity contribution in [3.63, 3.8) is 0 Å². The number of hydroxylamine groups is 1. The Kier molecular flexibility index (Phi) is 5.53. The predicted octanol–water partition coefficient (Wildman–Crippen LogP) is 4.16. The van der Waals surface area contributed by atoms with Crippen molar-refractivity contribution >= 4 is 40.1 Å². The first-order valence-electron chi connectivity index (χ1n) is 8.97. The Balaban J connectivity index is 1.64. The average Bonchev–Trinajstić information content (AvgIpc) is 3.42. The first-order chi connectivity index (χ1) is 14.8. The third kappa shape index (κ3) is 4.05. The summed E-state index contributed by atoms with van der Waals surface area (Å²) in [6, 6.07) is 5.82. The number of halogens is 4. The van der Waals surface area contributed by atoms with Gasteiger partial charge in [-0.05, 0) is 30.3 Å². The molecule has 12 heteroatoms. The molecule has 0 saturated carbocycles. The summed E-state index contributed by atoms with van der Waals surface area (Å²) in [6.45, 7) is 0.887. The highest BCUT2D eigenvalue weighted by molar-refractivity contribution is 6.31. The van der Waals surface area contributed by atoms with Crippen LogP contribution in [0.4, 0.5) is 24.8 Å². The Hall–Kier alpha value is -3.57. The van der Waals surface area contributed by atoms with Crippen LogP contribution in [0.3, 0.4) is 0 Å². The van der Waals surface area contributed by atoms with E-state index in [1.165, 1.54) is 6.07 Å². The molecule has 0 bridgehead atoms. The van der Waals surface area contributed by atoms with E-state index in [9.17, 15) is 18.4 Å². The quantitative estimate of drug-likeness (QED) is 0.201. The van der Waals surface area contributed by atoms with Crippen molar-refractivity contribution < 1.29 is 18.4 Å². The number of hydrogen-bond acceptors (Lipinski definition) is 5. The maximum absolute atomic E-state index is 14.3. The second-order valence-corrected chi connectivity index (χ2v) is 6.89. The zero-order valence-corrected chi connectivity index (χ0v) is 16.5. The molecule has 2 aromatic carbocycles. The van der Waals surface area contributed by atoms with Crippen molar-refractivity contribution in [2.45, 2.75) is 6.54 Å². The molecular formula is C19H15ClF3N7O. The number of anilines is 2. The molecule has 0 spiro atoms. The van der Waals surface area contributed by atoms with Crippen LogP contribution >= 0.6 is 11.6 Å². The second-order valence-electron chi connectivity index (χ2n) is 6.48. The third-order valence-electron chi connectivity index (χ3n) is 4.47. The Bertz CT molecular complexity index is 1260. The molecule has 0 radical (unpaired) electrons. The number of amidine groups is 1. The van der Waals surface area contributed by atoms with Crippen LogP contribution in [0.25, 0.3) is 11.0 Å². The number of nitrogens with zero attached hydrogens (tertiary/aromatic N) is 4. The summed E-state index contributed by atoms with van der Waals surface area (Å²) in [4.78, 5) is 6.81. The molecule has 0 aliphatic rings. The van der Waals surface area contributed by atoms with E-state index in [1.807, 2.05) is 0 Å². The fourth-order valence-corrected chi connectivity index (χ4v) is 3.13.